The molecule has 0 aliphatic heterocycles. The number of nitrogens with one attached hydrogen (secondary N) is 1. The summed E-state index contributed by atoms with van der Waals surface area (Å²) in [7, 11) is 0. The van der Waals surface area contributed by atoms with Crippen LogP contribution in [0.1, 0.15) is 0 Å². The minimum atomic E-state index is -0.511. The molecule has 3 aromatic rings. The average Bonchev–Trinajstić information content (AvgIpc) is 2.71. The van der Waals surface area contributed by atoms with Gasteiger partial charge in [-0.05, 0) is 42.5 Å². The fourth-order valence-corrected chi connectivity index (χ4v) is 2.46. The van der Waals surface area contributed by atoms with Crippen molar-refractivity contribution in [3.05, 3.63) is 57.8 Å². The summed E-state index contributed by atoms with van der Waals surface area (Å²) in [5.74, 6) is -0.904. The lowest BCUT2D eigenvalue weighted by atomic mass is 10.2. The molecule has 0 saturated carbocycles. The van der Waals surface area contributed by atoms with E-state index in [0.717, 1.165) is 0 Å². The summed E-state index contributed by atoms with van der Waals surface area (Å²) in [6.07, 6.45) is 0. The molecule has 1 heterocycles. The predicted molar refractivity (Wildman–Crippen MR) is 73.4 cm³/mol. The molecule has 0 amide bonds. The third kappa shape index (κ3) is 1.95. The van der Waals surface area contributed by atoms with Crippen LogP contribution in [0.4, 0.5) is 8.78 Å². The van der Waals surface area contributed by atoms with Crippen LogP contribution < -0.4 is 0 Å². The third-order valence-corrected chi connectivity index (χ3v) is 3.40. The molecule has 0 atom stereocenters. The largest absolute Gasteiger partial charge is 0.328 e. The zero-order chi connectivity index (χ0) is 13.6. The number of aromatic nitrogens is 2. The summed E-state index contributed by atoms with van der Waals surface area (Å²) < 4.78 is 28.8. The first-order valence-corrected chi connectivity index (χ1v) is 6.21. The molecule has 0 fully saturated rings. The molecule has 0 unspecified atom stereocenters. The molecule has 3 rings (SSSR count). The van der Waals surface area contributed by atoms with Crippen LogP contribution in [0.3, 0.4) is 0 Å². The van der Waals surface area contributed by atoms with Gasteiger partial charge in [0.25, 0.3) is 0 Å². The number of halogens is 3. The second-order valence-corrected chi connectivity index (χ2v) is 4.79. The van der Waals surface area contributed by atoms with Crippen molar-refractivity contribution in [2.75, 3.05) is 0 Å². The van der Waals surface area contributed by atoms with Crippen LogP contribution in [0.2, 0.25) is 5.02 Å². The van der Waals surface area contributed by atoms with Crippen molar-refractivity contribution in [2.24, 2.45) is 0 Å². The molecular formula is C13H7ClF2N2S. The van der Waals surface area contributed by atoms with E-state index in [1.165, 1.54) is 24.3 Å². The number of H-pyrrole nitrogens is 1. The lowest BCUT2D eigenvalue weighted by molar-refractivity contribution is 0.628. The topological polar surface area (TPSA) is 20.7 Å². The number of hydrogen-bond acceptors (Lipinski definition) is 1. The Labute approximate surface area is 117 Å². The zero-order valence-electron chi connectivity index (χ0n) is 9.45. The van der Waals surface area contributed by atoms with Crippen LogP contribution in [0.5, 0.6) is 0 Å². The normalized spacial score (nSPS) is 11.1. The van der Waals surface area contributed by atoms with Gasteiger partial charge < -0.3 is 4.98 Å². The molecule has 1 N–H and O–H groups in total. The fourth-order valence-electron chi connectivity index (χ4n) is 1.98. The first-order chi connectivity index (χ1) is 9.08. The van der Waals surface area contributed by atoms with Gasteiger partial charge in [0.05, 0.1) is 16.2 Å². The summed E-state index contributed by atoms with van der Waals surface area (Å²) in [5.41, 5.74) is 1.47. The lowest BCUT2D eigenvalue weighted by Gasteiger charge is -2.05. The highest BCUT2D eigenvalue weighted by molar-refractivity contribution is 7.71. The Hall–Kier alpha value is -1.72. The van der Waals surface area contributed by atoms with Gasteiger partial charge in [-0.2, -0.15) is 0 Å². The number of nitrogens with zero attached hydrogens (tertiary/aromatic N) is 1. The molecule has 19 heavy (non-hydrogen) atoms. The van der Waals surface area contributed by atoms with E-state index < -0.39 is 11.6 Å². The number of hydrogen-bond donors (Lipinski definition) is 1. The highest BCUT2D eigenvalue weighted by atomic mass is 35.5. The Balaban J connectivity index is 2.36. The van der Waals surface area contributed by atoms with Crippen LogP contribution in [-0.4, -0.2) is 9.55 Å². The second kappa shape index (κ2) is 4.43. The number of rotatable bonds is 1. The monoisotopic (exact) mass is 296 g/mol. The van der Waals surface area contributed by atoms with E-state index in [0.29, 0.717) is 21.5 Å². The molecule has 1 aromatic heterocycles. The van der Waals surface area contributed by atoms with Gasteiger partial charge in [0.2, 0.25) is 0 Å². The highest BCUT2D eigenvalue weighted by Gasteiger charge is 2.11. The van der Waals surface area contributed by atoms with Crippen molar-refractivity contribution < 1.29 is 8.78 Å². The van der Waals surface area contributed by atoms with E-state index in [1.807, 2.05) is 0 Å². The van der Waals surface area contributed by atoms with Crippen molar-refractivity contribution >= 4 is 34.9 Å². The van der Waals surface area contributed by atoms with Crippen molar-refractivity contribution in [2.45, 2.75) is 0 Å². The number of aromatic amines is 1. The molecule has 0 radical (unpaired) electrons. The van der Waals surface area contributed by atoms with E-state index >= 15 is 0 Å². The quantitative estimate of drug-likeness (QED) is 0.650. The van der Waals surface area contributed by atoms with Crippen LogP contribution in [0, 0.1) is 16.4 Å². The third-order valence-electron chi connectivity index (χ3n) is 2.83. The molecule has 6 heteroatoms. The van der Waals surface area contributed by atoms with Crippen molar-refractivity contribution in [1.29, 1.82) is 0 Å². The van der Waals surface area contributed by atoms with Gasteiger partial charge in [-0.25, -0.2) is 8.78 Å². The molecule has 0 aliphatic rings. The van der Waals surface area contributed by atoms with Gasteiger partial charge in [0.1, 0.15) is 17.2 Å². The number of imidazole rings is 1. The van der Waals surface area contributed by atoms with E-state index in [-0.39, 0.29) is 5.02 Å². The van der Waals surface area contributed by atoms with E-state index in [9.17, 15) is 8.78 Å². The number of benzene rings is 2. The molecule has 96 valence electrons. The number of fused-ring (bicyclic) bond motifs is 1. The zero-order valence-corrected chi connectivity index (χ0v) is 11.0. The smallest absolute Gasteiger partial charge is 0.182 e. The molecular weight excluding hydrogens is 290 g/mol. The Morgan fingerprint density at radius 2 is 1.89 bits per heavy atom. The minimum Gasteiger partial charge on any atom is -0.328 e. The van der Waals surface area contributed by atoms with Gasteiger partial charge in [-0.1, -0.05) is 17.7 Å². The van der Waals surface area contributed by atoms with Gasteiger partial charge in [-0.15, -0.1) is 0 Å². The Morgan fingerprint density at radius 3 is 2.63 bits per heavy atom. The summed E-state index contributed by atoms with van der Waals surface area (Å²) in [4.78, 5) is 2.79. The Bertz CT molecular complexity index is 838. The van der Waals surface area contributed by atoms with Gasteiger partial charge in [-0.3, -0.25) is 4.57 Å². The van der Waals surface area contributed by atoms with Gasteiger partial charge in [0.15, 0.2) is 4.77 Å². The molecule has 0 aliphatic carbocycles. The van der Waals surface area contributed by atoms with Crippen molar-refractivity contribution in [3.8, 4) is 5.69 Å². The number of para-hydroxylation sites is 1. The highest BCUT2D eigenvalue weighted by Crippen LogP contribution is 2.24. The summed E-state index contributed by atoms with van der Waals surface area (Å²) >= 11 is 10.9. The SMILES string of the molecule is Fc1ccc(-n2c(=S)[nH]c3c(F)cccc32)cc1Cl. The molecule has 0 bridgehead atoms. The van der Waals surface area contributed by atoms with Gasteiger partial charge in [0, 0.05) is 0 Å². The van der Waals surface area contributed by atoms with Gasteiger partial charge >= 0.3 is 0 Å². The van der Waals surface area contributed by atoms with Crippen LogP contribution in [0.25, 0.3) is 16.7 Å². The maximum atomic E-state index is 13.7. The van der Waals surface area contributed by atoms with E-state index in [2.05, 4.69) is 4.98 Å². The fraction of sp³-hybridized carbons (Fsp3) is 0. The maximum absolute atomic E-state index is 13.7. The minimum absolute atomic E-state index is 0.00912. The standard InChI is InChI=1S/C13H7ClF2N2S/c14-8-6-7(4-5-9(8)15)18-11-3-1-2-10(16)12(11)17-13(18)19/h1-6H,(H,17,19). The lowest BCUT2D eigenvalue weighted by Crippen LogP contribution is -1.94. The van der Waals surface area contributed by atoms with Crippen LogP contribution in [0.15, 0.2) is 36.4 Å². The Morgan fingerprint density at radius 1 is 1.11 bits per heavy atom. The summed E-state index contributed by atoms with van der Waals surface area (Å²) in [6.45, 7) is 0. The van der Waals surface area contributed by atoms with Crippen LogP contribution >= 0.6 is 23.8 Å². The van der Waals surface area contributed by atoms with E-state index in [1.54, 1.807) is 16.7 Å². The van der Waals surface area contributed by atoms with Crippen LogP contribution in [-0.2, 0) is 0 Å². The molecule has 2 aromatic carbocycles. The average molecular weight is 297 g/mol. The second-order valence-electron chi connectivity index (χ2n) is 4.00. The Kier molecular flexibility index (Phi) is 2.88. The van der Waals surface area contributed by atoms with Crippen molar-refractivity contribution in [3.63, 3.8) is 0 Å². The molecule has 0 saturated heterocycles. The predicted octanol–water partition coefficient (Wildman–Crippen LogP) is 4.62. The maximum Gasteiger partial charge on any atom is 0.182 e. The van der Waals surface area contributed by atoms with Crippen molar-refractivity contribution in [1.82, 2.24) is 9.55 Å². The van der Waals surface area contributed by atoms with E-state index in [4.69, 9.17) is 23.8 Å². The first-order valence-electron chi connectivity index (χ1n) is 5.42. The summed E-state index contributed by atoms with van der Waals surface area (Å²) in [5, 5.41) is -0.00912. The summed E-state index contributed by atoms with van der Waals surface area (Å²) in [6, 6.07) is 8.89. The molecule has 2 nitrogen and oxygen atoms in total. The first kappa shape index (κ1) is 12.3. The molecule has 0 spiro atoms.